The van der Waals surface area contributed by atoms with Gasteiger partial charge in [0, 0.05) is 23.0 Å². The molecule has 96 valence electrons. The number of allylic oxidation sites excluding steroid dienone is 8. The van der Waals surface area contributed by atoms with Gasteiger partial charge in [-0.3, -0.25) is 4.79 Å². The Bertz CT molecular complexity index is 503. The molecule has 2 rings (SSSR count). The lowest BCUT2D eigenvalue weighted by molar-refractivity contribution is -0.113. The van der Waals surface area contributed by atoms with Crippen LogP contribution >= 0.6 is 0 Å². The van der Waals surface area contributed by atoms with Gasteiger partial charge in [0.2, 0.25) is 0 Å². The second-order valence-corrected chi connectivity index (χ2v) is 5.36. The van der Waals surface area contributed by atoms with E-state index in [9.17, 15) is 9.90 Å². The van der Waals surface area contributed by atoms with Crippen LogP contribution in [0, 0.1) is 5.41 Å². The lowest BCUT2D eigenvalue weighted by Crippen LogP contribution is -2.29. The zero-order chi connectivity index (χ0) is 13.3. The maximum Gasteiger partial charge on any atom is 0.188 e. The summed E-state index contributed by atoms with van der Waals surface area (Å²) in [5.74, 6) is 0.276. The third kappa shape index (κ3) is 1.96. The van der Waals surface area contributed by atoms with Crippen molar-refractivity contribution in [1.29, 1.82) is 0 Å². The summed E-state index contributed by atoms with van der Waals surface area (Å²) in [5.41, 5.74) is 2.30. The topological polar surface area (TPSA) is 37.3 Å². The van der Waals surface area contributed by atoms with Gasteiger partial charge in [-0.1, -0.05) is 38.2 Å². The number of ketones is 1. The molecule has 0 aromatic carbocycles. The quantitative estimate of drug-likeness (QED) is 0.588. The fourth-order valence-corrected chi connectivity index (χ4v) is 2.82. The van der Waals surface area contributed by atoms with Crippen molar-refractivity contribution >= 4 is 5.78 Å². The van der Waals surface area contributed by atoms with Gasteiger partial charge >= 0.3 is 0 Å². The molecule has 2 aliphatic rings. The lowest BCUT2D eigenvalue weighted by Gasteiger charge is -2.36. The Morgan fingerprint density at radius 1 is 1.44 bits per heavy atom. The van der Waals surface area contributed by atoms with Crippen molar-refractivity contribution < 1.29 is 9.90 Å². The Labute approximate surface area is 108 Å². The lowest BCUT2D eigenvalue weighted by atomic mass is 9.67. The van der Waals surface area contributed by atoms with Gasteiger partial charge in [0.25, 0.3) is 0 Å². The van der Waals surface area contributed by atoms with Crippen molar-refractivity contribution in [3.63, 3.8) is 0 Å². The molecule has 2 aliphatic carbocycles. The van der Waals surface area contributed by atoms with Crippen LogP contribution in [-0.4, -0.2) is 10.9 Å². The summed E-state index contributed by atoms with van der Waals surface area (Å²) in [7, 11) is 0. The Hall–Kier alpha value is -1.57. The highest BCUT2D eigenvalue weighted by Gasteiger charge is 2.38. The molecule has 0 radical (unpaired) electrons. The molecular weight excluding hydrogens is 224 g/mol. The Balaban J connectivity index is 2.52. The Morgan fingerprint density at radius 2 is 2.17 bits per heavy atom. The summed E-state index contributed by atoms with van der Waals surface area (Å²) in [6.07, 6.45) is 10.2. The van der Waals surface area contributed by atoms with E-state index in [1.54, 1.807) is 0 Å². The van der Waals surface area contributed by atoms with Crippen LogP contribution in [0.15, 0.2) is 46.8 Å². The second kappa shape index (κ2) is 4.60. The highest BCUT2D eigenvalue weighted by Crippen LogP contribution is 2.45. The van der Waals surface area contributed by atoms with E-state index in [1.165, 1.54) is 0 Å². The molecule has 2 heteroatoms. The van der Waals surface area contributed by atoms with E-state index in [4.69, 9.17) is 0 Å². The third-order valence-corrected chi connectivity index (χ3v) is 3.85. The number of aliphatic hydroxyl groups is 1. The van der Waals surface area contributed by atoms with Crippen LogP contribution in [0.2, 0.25) is 0 Å². The van der Waals surface area contributed by atoms with E-state index >= 15 is 0 Å². The SMILES string of the molecule is CCC/C(O)=C1\CC2(C)C=CC=CC2=C(C)C1=O. The smallest absolute Gasteiger partial charge is 0.188 e. The van der Waals surface area contributed by atoms with Gasteiger partial charge in [-0.05, 0) is 25.3 Å². The van der Waals surface area contributed by atoms with Crippen molar-refractivity contribution in [2.75, 3.05) is 0 Å². The van der Waals surface area contributed by atoms with Crippen molar-refractivity contribution in [1.82, 2.24) is 0 Å². The first-order chi connectivity index (χ1) is 8.49. The van der Waals surface area contributed by atoms with Gasteiger partial charge in [0.15, 0.2) is 5.78 Å². The van der Waals surface area contributed by atoms with E-state index in [1.807, 2.05) is 32.1 Å². The molecule has 1 unspecified atom stereocenters. The molecule has 0 spiro atoms. The molecule has 0 saturated carbocycles. The van der Waals surface area contributed by atoms with Crippen LogP contribution in [0.3, 0.4) is 0 Å². The van der Waals surface area contributed by atoms with E-state index in [0.717, 1.165) is 17.6 Å². The van der Waals surface area contributed by atoms with E-state index in [-0.39, 0.29) is 17.0 Å². The Kier molecular flexibility index (Phi) is 3.29. The normalized spacial score (nSPS) is 29.6. The Morgan fingerprint density at radius 3 is 2.83 bits per heavy atom. The summed E-state index contributed by atoms with van der Waals surface area (Å²) in [4.78, 5) is 12.3. The number of carbonyl (C=O) groups excluding carboxylic acids is 1. The van der Waals surface area contributed by atoms with Gasteiger partial charge in [0.1, 0.15) is 0 Å². The fraction of sp³-hybridized carbons (Fsp3) is 0.438. The van der Waals surface area contributed by atoms with Crippen molar-refractivity contribution in [2.45, 2.75) is 40.0 Å². The molecule has 1 N–H and O–H groups in total. The number of rotatable bonds is 2. The molecule has 0 aromatic rings. The van der Waals surface area contributed by atoms with Gasteiger partial charge in [-0.25, -0.2) is 0 Å². The number of carbonyl (C=O) groups is 1. The largest absolute Gasteiger partial charge is 0.512 e. The summed E-state index contributed by atoms with van der Waals surface area (Å²) in [6, 6.07) is 0. The van der Waals surface area contributed by atoms with Crippen molar-refractivity contribution in [3.05, 3.63) is 46.8 Å². The molecule has 0 saturated heterocycles. The zero-order valence-corrected chi connectivity index (χ0v) is 11.3. The van der Waals surface area contributed by atoms with Crippen LogP contribution in [-0.2, 0) is 4.79 Å². The number of hydrogen-bond acceptors (Lipinski definition) is 2. The van der Waals surface area contributed by atoms with E-state index < -0.39 is 0 Å². The predicted molar refractivity (Wildman–Crippen MR) is 73.3 cm³/mol. The monoisotopic (exact) mass is 244 g/mol. The third-order valence-electron chi connectivity index (χ3n) is 3.85. The number of Topliss-reactive ketones (excluding diaryl/α,β-unsaturated/α-hetero) is 1. The number of fused-ring (bicyclic) bond motifs is 1. The molecule has 2 nitrogen and oxygen atoms in total. The number of hydrogen-bond donors (Lipinski definition) is 1. The van der Waals surface area contributed by atoms with Crippen LogP contribution in [0.1, 0.15) is 40.0 Å². The standard InChI is InChI=1S/C16H20O2/c1-4-7-14(17)12-10-16(3)9-6-5-8-13(16)11(2)15(12)18/h5-6,8-9,17H,4,7,10H2,1-3H3/b14-12-. The maximum absolute atomic E-state index is 12.3. The molecule has 0 aliphatic heterocycles. The van der Waals surface area contributed by atoms with Crippen LogP contribution < -0.4 is 0 Å². The summed E-state index contributed by atoms with van der Waals surface area (Å²) in [6.45, 7) is 5.98. The van der Waals surface area contributed by atoms with Crippen LogP contribution in [0.5, 0.6) is 0 Å². The minimum absolute atomic E-state index is 0.00775. The molecule has 1 atom stereocenters. The zero-order valence-electron chi connectivity index (χ0n) is 11.3. The van der Waals surface area contributed by atoms with Crippen molar-refractivity contribution in [3.8, 4) is 0 Å². The maximum atomic E-state index is 12.3. The fourth-order valence-electron chi connectivity index (χ4n) is 2.82. The average molecular weight is 244 g/mol. The summed E-state index contributed by atoms with van der Waals surface area (Å²) < 4.78 is 0. The van der Waals surface area contributed by atoms with Gasteiger partial charge in [-0.2, -0.15) is 0 Å². The molecule has 0 aromatic heterocycles. The summed E-state index contributed by atoms with van der Waals surface area (Å²) in [5, 5.41) is 10.1. The molecule has 0 heterocycles. The van der Waals surface area contributed by atoms with E-state index in [2.05, 4.69) is 13.0 Å². The second-order valence-electron chi connectivity index (χ2n) is 5.36. The predicted octanol–water partition coefficient (Wildman–Crippen LogP) is 4.02. The molecule has 0 amide bonds. The molecule has 0 bridgehead atoms. The van der Waals surface area contributed by atoms with Crippen LogP contribution in [0.4, 0.5) is 0 Å². The number of aliphatic hydroxyl groups excluding tert-OH is 1. The minimum Gasteiger partial charge on any atom is -0.512 e. The van der Waals surface area contributed by atoms with Gasteiger partial charge in [-0.15, -0.1) is 0 Å². The van der Waals surface area contributed by atoms with Crippen molar-refractivity contribution in [2.24, 2.45) is 5.41 Å². The average Bonchev–Trinajstić information content (AvgIpc) is 2.34. The minimum atomic E-state index is -0.149. The summed E-state index contributed by atoms with van der Waals surface area (Å²) >= 11 is 0. The molecule has 0 fully saturated rings. The first-order valence-corrected chi connectivity index (χ1v) is 6.52. The molecule has 18 heavy (non-hydrogen) atoms. The highest BCUT2D eigenvalue weighted by molar-refractivity contribution is 6.10. The first kappa shape index (κ1) is 12.9. The van der Waals surface area contributed by atoms with Gasteiger partial charge in [0.05, 0.1) is 5.76 Å². The van der Waals surface area contributed by atoms with Crippen LogP contribution in [0.25, 0.3) is 0 Å². The highest BCUT2D eigenvalue weighted by atomic mass is 16.3. The van der Waals surface area contributed by atoms with Gasteiger partial charge < -0.3 is 5.11 Å². The first-order valence-electron chi connectivity index (χ1n) is 6.52. The molecular formula is C16H20O2. The van der Waals surface area contributed by atoms with E-state index in [0.29, 0.717) is 18.4 Å².